The molecule has 3 atom stereocenters. The number of amides is 2. The minimum atomic E-state index is -0.528. The molecule has 64 heavy (non-hydrogen) atoms. The molecule has 4 aromatic carbocycles. The quantitative estimate of drug-likeness (QED) is 0.0304. The molecule has 2 amide bonds. The number of ether oxygens (including phenoxy) is 2. The topological polar surface area (TPSA) is 126 Å². The number of rotatable bonds is 30. The van der Waals surface area contributed by atoms with Crippen LogP contribution in [0.4, 0.5) is 11.4 Å². The van der Waals surface area contributed by atoms with Crippen LogP contribution in [0.15, 0.2) is 97.1 Å². The van der Waals surface area contributed by atoms with Gasteiger partial charge in [-0.15, -0.1) is 0 Å². The van der Waals surface area contributed by atoms with E-state index < -0.39 is 6.29 Å². The van der Waals surface area contributed by atoms with Gasteiger partial charge >= 0.3 is 0 Å². The number of hydrogen-bond acceptors (Lipinski definition) is 7. The molecule has 1 heterocycles. The van der Waals surface area contributed by atoms with E-state index in [1.165, 1.54) is 77.0 Å². The van der Waals surface area contributed by atoms with E-state index in [4.69, 9.17) is 15.2 Å². The Morgan fingerprint density at radius 3 is 1.92 bits per heavy atom. The summed E-state index contributed by atoms with van der Waals surface area (Å²) < 4.78 is 13.7. The summed E-state index contributed by atoms with van der Waals surface area (Å²) in [6, 6.07) is 32.3. The lowest BCUT2D eigenvalue weighted by atomic mass is 9.98. The fourth-order valence-corrected chi connectivity index (χ4v) is 8.61. The van der Waals surface area contributed by atoms with Crippen LogP contribution >= 0.6 is 0 Å². The van der Waals surface area contributed by atoms with Gasteiger partial charge in [-0.2, -0.15) is 0 Å². The van der Waals surface area contributed by atoms with Crippen molar-refractivity contribution in [3.63, 3.8) is 0 Å². The molecule has 9 nitrogen and oxygen atoms in total. The number of carbonyl (C=O) groups is 2. The maximum Gasteiger partial charge on any atom is 0.224 e. The van der Waals surface area contributed by atoms with Gasteiger partial charge in [0.05, 0.1) is 30.2 Å². The van der Waals surface area contributed by atoms with Crippen LogP contribution in [-0.2, 0) is 32.2 Å². The van der Waals surface area contributed by atoms with Crippen LogP contribution < -0.4 is 16.4 Å². The molecule has 4 aromatic rings. The summed E-state index contributed by atoms with van der Waals surface area (Å²) in [5.74, 6) is -0.0113. The van der Waals surface area contributed by atoms with E-state index in [2.05, 4.69) is 84.0 Å². The Morgan fingerprint density at radius 1 is 0.641 bits per heavy atom. The van der Waals surface area contributed by atoms with Gasteiger partial charge < -0.3 is 35.8 Å². The molecule has 0 bridgehead atoms. The molecule has 1 aliphatic heterocycles. The molecule has 5 N–H and O–H groups in total. The van der Waals surface area contributed by atoms with Gasteiger partial charge in [-0.1, -0.05) is 164 Å². The number of nitrogens with two attached hydrogens (primary N) is 1. The van der Waals surface area contributed by atoms with Crippen LogP contribution in [-0.4, -0.2) is 47.6 Å². The maximum atomic E-state index is 12.8. The zero-order valence-electron chi connectivity index (χ0n) is 39.0. The van der Waals surface area contributed by atoms with Crippen LogP contribution in [0, 0.1) is 0 Å². The van der Waals surface area contributed by atoms with E-state index in [9.17, 15) is 14.7 Å². The second kappa shape index (κ2) is 29.1. The number of hydrogen-bond donors (Lipinski definition) is 4. The van der Waals surface area contributed by atoms with Crippen molar-refractivity contribution in [2.24, 2.45) is 0 Å². The number of nitrogens with zero attached hydrogens (tertiary/aromatic N) is 1. The van der Waals surface area contributed by atoms with Gasteiger partial charge in [-0.05, 0) is 90.9 Å². The molecule has 0 radical (unpaired) electrons. The van der Waals surface area contributed by atoms with E-state index in [0.717, 1.165) is 85.1 Å². The van der Waals surface area contributed by atoms with Crippen LogP contribution in [0.2, 0.25) is 0 Å². The molecule has 0 aliphatic carbocycles. The van der Waals surface area contributed by atoms with Gasteiger partial charge in [-0.25, -0.2) is 0 Å². The number of para-hydroxylation sites is 2. The summed E-state index contributed by atoms with van der Waals surface area (Å²) in [6.45, 7) is 8.11. The lowest BCUT2D eigenvalue weighted by Crippen LogP contribution is -2.40. The molecule has 348 valence electrons. The number of benzene rings is 4. The smallest absolute Gasteiger partial charge is 0.224 e. The first-order valence-electron chi connectivity index (χ1n) is 24.7. The Hall–Kier alpha value is -4.54. The van der Waals surface area contributed by atoms with Crippen molar-refractivity contribution in [3.05, 3.63) is 119 Å². The highest BCUT2D eigenvalue weighted by molar-refractivity contribution is 5.93. The normalized spacial score (nSPS) is 16.2. The Bertz CT molecular complexity index is 1920. The number of unbranched alkanes of at least 4 members (excludes halogenated alkanes) is 13. The SMILES string of the molecule is CCCCCCCCN(CCCCCCCC)C[C@@H]1C[C@H](c2ccc(CO)cc2)O[C@H](c2cccc(-c3cccc(CNC(=O)CCCCCCC(=O)Nc4ccccc4N)c3)c2)O1. The molecule has 1 aliphatic rings. The molecule has 0 saturated carbocycles. The molecule has 0 aromatic heterocycles. The van der Waals surface area contributed by atoms with Crippen LogP contribution in [0.3, 0.4) is 0 Å². The summed E-state index contributed by atoms with van der Waals surface area (Å²) in [6.07, 6.45) is 19.8. The Balaban J connectivity index is 1.17. The van der Waals surface area contributed by atoms with Gasteiger partial charge in [0.25, 0.3) is 0 Å². The summed E-state index contributed by atoms with van der Waals surface area (Å²) in [4.78, 5) is 27.8. The van der Waals surface area contributed by atoms with Crippen molar-refractivity contribution in [3.8, 4) is 11.1 Å². The Kier molecular flexibility index (Phi) is 22.9. The molecular formula is C55H78N4O5. The summed E-state index contributed by atoms with van der Waals surface area (Å²) >= 11 is 0. The van der Waals surface area contributed by atoms with E-state index in [1.54, 1.807) is 12.1 Å². The van der Waals surface area contributed by atoms with E-state index in [-0.39, 0.29) is 30.6 Å². The van der Waals surface area contributed by atoms with Crippen LogP contribution in [0.1, 0.15) is 170 Å². The fraction of sp³-hybridized carbons (Fsp3) is 0.527. The van der Waals surface area contributed by atoms with Crippen molar-refractivity contribution in [2.75, 3.05) is 30.7 Å². The minimum Gasteiger partial charge on any atom is -0.397 e. The van der Waals surface area contributed by atoms with E-state index in [0.29, 0.717) is 30.8 Å². The van der Waals surface area contributed by atoms with Gasteiger partial charge in [0.1, 0.15) is 0 Å². The molecule has 5 rings (SSSR count). The summed E-state index contributed by atoms with van der Waals surface area (Å²) in [5, 5.41) is 15.7. The van der Waals surface area contributed by atoms with Crippen molar-refractivity contribution in [2.45, 2.75) is 167 Å². The highest BCUT2D eigenvalue weighted by Crippen LogP contribution is 2.39. The number of nitrogens with one attached hydrogen (secondary N) is 2. The standard InChI is InChI=1S/C55H78N4O5/c1-3-5-7-9-13-19-35-59(36-20-14-10-8-6-4-2)41-49-39-52(45-33-31-43(42-60)32-34-45)64-55(63-49)48-26-22-25-47(38-48)46-24-21-23-44(37-46)40-57-53(61)29-15-11-12-16-30-54(62)58-51-28-18-17-27-50(51)56/h17-18,21-28,31-34,37-38,49,52,55,60H,3-16,19-20,29-30,35-36,39-42,56H2,1-2H3,(H,57,61)(H,58,62)/t49-,52+,55+/m0/s1. The Labute approximate surface area is 384 Å². The summed E-state index contributed by atoms with van der Waals surface area (Å²) in [5.41, 5.74) is 13.3. The van der Waals surface area contributed by atoms with Crippen molar-refractivity contribution in [1.82, 2.24) is 10.2 Å². The average molecular weight is 875 g/mol. The predicted octanol–water partition coefficient (Wildman–Crippen LogP) is 12.6. The third-order valence-corrected chi connectivity index (χ3v) is 12.4. The van der Waals surface area contributed by atoms with Gasteiger partial charge in [0.2, 0.25) is 11.8 Å². The van der Waals surface area contributed by atoms with E-state index in [1.807, 2.05) is 30.3 Å². The maximum absolute atomic E-state index is 12.8. The van der Waals surface area contributed by atoms with Crippen LogP contribution in [0.5, 0.6) is 0 Å². The highest BCUT2D eigenvalue weighted by atomic mass is 16.7. The number of carbonyl (C=O) groups excluding carboxylic acids is 2. The third kappa shape index (κ3) is 18.1. The monoisotopic (exact) mass is 875 g/mol. The Morgan fingerprint density at radius 2 is 1.25 bits per heavy atom. The molecule has 1 saturated heterocycles. The van der Waals surface area contributed by atoms with Gasteiger partial charge in [0.15, 0.2) is 6.29 Å². The minimum absolute atomic E-state index is 0.00349. The molecule has 9 heteroatoms. The zero-order chi connectivity index (χ0) is 45.2. The first-order chi connectivity index (χ1) is 31.3. The third-order valence-electron chi connectivity index (χ3n) is 12.4. The largest absolute Gasteiger partial charge is 0.397 e. The van der Waals surface area contributed by atoms with Gasteiger partial charge in [-0.3, -0.25) is 9.59 Å². The molecule has 0 unspecified atom stereocenters. The van der Waals surface area contributed by atoms with Gasteiger partial charge in [0, 0.05) is 37.9 Å². The zero-order valence-corrected chi connectivity index (χ0v) is 39.0. The fourth-order valence-electron chi connectivity index (χ4n) is 8.61. The highest BCUT2D eigenvalue weighted by Gasteiger charge is 2.33. The average Bonchev–Trinajstić information content (AvgIpc) is 3.32. The van der Waals surface area contributed by atoms with Crippen LogP contribution in [0.25, 0.3) is 11.1 Å². The van der Waals surface area contributed by atoms with E-state index >= 15 is 0 Å². The van der Waals surface area contributed by atoms with Crippen molar-refractivity contribution in [1.29, 1.82) is 0 Å². The first kappa shape index (κ1) is 50.5. The van der Waals surface area contributed by atoms with Crippen molar-refractivity contribution < 1.29 is 24.2 Å². The first-order valence-corrected chi connectivity index (χ1v) is 24.7. The molecular weight excluding hydrogens is 797 g/mol. The van der Waals surface area contributed by atoms with Crippen molar-refractivity contribution >= 4 is 23.2 Å². The second-order valence-electron chi connectivity index (χ2n) is 17.8. The lowest BCUT2D eigenvalue weighted by molar-refractivity contribution is -0.253. The number of nitrogen functional groups attached to an aromatic ring is 1. The number of aliphatic hydroxyl groups is 1. The number of aliphatic hydroxyl groups excluding tert-OH is 1. The number of anilines is 2. The lowest BCUT2D eigenvalue weighted by Gasteiger charge is -2.38. The molecule has 0 spiro atoms. The second-order valence-corrected chi connectivity index (χ2v) is 17.8. The summed E-state index contributed by atoms with van der Waals surface area (Å²) in [7, 11) is 0. The predicted molar refractivity (Wildman–Crippen MR) is 263 cm³/mol. The molecule has 1 fully saturated rings.